The summed E-state index contributed by atoms with van der Waals surface area (Å²) in [6, 6.07) is 8.72. The fourth-order valence-electron chi connectivity index (χ4n) is 5.63. The number of nitrogens with one attached hydrogen (secondary N) is 1. The van der Waals surface area contributed by atoms with Crippen LogP contribution in [0.2, 0.25) is 0 Å². The molecule has 1 unspecified atom stereocenters. The topological polar surface area (TPSA) is 99.2 Å². The number of amides is 1. The quantitative estimate of drug-likeness (QED) is 0.418. The number of fused-ring (bicyclic) bond motifs is 1. The van der Waals surface area contributed by atoms with Crippen LogP contribution in [0.1, 0.15) is 105 Å². The number of hydrogen-bond donors (Lipinski definition) is 1. The number of carbonyl (C=O) groups excluding carboxylic acids is 2. The molecule has 0 saturated heterocycles. The highest BCUT2D eigenvalue weighted by Crippen LogP contribution is 2.35. The van der Waals surface area contributed by atoms with Gasteiger partial charge in [0.2, 0.25) is 0 Å². The Balaban J connectivity index is 1.40. The van der Waals surface area contributed by atoms with Crippen molar-refractivity contribution in [2.24, 2.45) is 0 Å². The third-order valence-corrected chi connectivity index (χ3v) is 7.52. The summed E-state index contributed by atoms with van der Waals surface area (Å²) in [5.74, 6) is -0.0115. The van der Waals surface area contributed by atoms with Crippen LogP contribution >= 0.6 is 0 Å². The predicted molar refractivity (Wildman–Crippen MR) is 136 cm³/mol. The van der Waals surface area contributed by atoms with E-state index >= 15 is 0 Å². The number of hydrogen-bond acceptors (Lipinski definition) is 6. The van der Waals surface area contributed by atoms with Crippen LogP contribution in [-0.4, -0.2) is 39.3 Å². The Hall–Kier alpha value is -3.16. The Morgan fingerprint density at radius 1 is 1.08 bits per heavy atom. The largest absolute Gasteiger partial charge is 0.464 e. The van der Waals surface area contributed by atoms with Gasteiger partial charge >= 0.3 is 5.97 Å². The van der Waals surface area contributed by atoms with Crippen LogP contribution in [0.25, 0.3) is 11.1 Å². The number of para-hydroxylation sites is 2. The zero-order valence-electron chi connectivity index (χ0n) is 21.1. The zero-order chi connectivity index (χ0) is 24.9. The Morgan fingerprint density at radius 2 is 1.81 bits per heavy atom. The molecule has 1 atom stereocenters. The molecule has 8 heteroatoms. The Morgan fingerprint density at radius 3 is 2.53 bits per heavy atom. The first-order chi connectivity index (χ1) is 17.6. The molecule has 2 aromatic heterocycles. The standard InChI is InChI=1S/C28H36N4O4/c1-2-35-28(34)23(18-26-29-21-15-9-10-16-25(21)36-26)30-27(33)24-17-22(19-11-5-3-6-12-19)31-32(24)20-13-7-4-8-14-20/h9-10,15-17,19-20,23H,2-8,11-14,18H2,1H3,(H,30,33). The van der Waals surface area contributed by atoms with Gasteiger partial charge in [-0.25, -0.2) is 9.78 Å². The van der Waals surface area contributed by atoms with Gasteiger partial charge in [-0.15, -0.1) is 0 Å². The molecule has 1 aromatic carbocycles. The molecule has 2 heterocycles. The van der Waals surface area contributed by atoms with E-state index in [0.29, 0.717) is 28.6 Å². The molecule has 2 saturated carbocycles. The molecule has 192 valence electrons. The van der Waals surface area contributed by atoms with Gasteiger partial charge in [-0.1, -0.05) is 50.7 Å². The van der Waals surface area contributed by atoms with Crippen molar-refractivity contribution < 1.29 is 18.7 Å². The molecule has 36 heavy (non-hydrogen) atoms. The normalized spacial score (nSPS) is 18.2. The molecule has 0 bridgehead atoms. The van der Waals surface area contributed by atoms with E-state index in [2.05, 4.69) is 10.3 Å². The molecule has 2 fully saturated rings. The van der Waals surface area contributed by atoms with Gasteiger partial charge in [-0.3, -0.25) is 9.48 Å². The van der Waals surface area contributed by atoms with Gasteiger partial charge in [0.05, 0.1) is 24.8 Å². The molecule has 0 radical (unpaired) electrons. The summed E-state index contributed by atoms with van der Waals surface area (Å²) in [6.45, 7) is 1.98. The fraction of sp³-hybridized carbons (Fsp3) is 0.571. The highest BCUT2D eigenvalue weighted by molar-refractivity contribution is 5.95. The minimum Gasteiger partial charge on any atom is -0.464 e. The second-order valence-corrected chi connectivity index (χ2v) is 10.1. The summed E-state index contributed by atoms with van der Waals surface area (Å²) < 4.78 is 13.1. The second-order valence-electron chi connectivity index (χ2n) is 10.1. The number of rotatable bonds is 8. The lowest BCUT2D eigenvalue weighted by Gasteiger charge is -2.24. The summed E-state index contributed by atoms with van der Waals surface area (Å²) in [5, 5.41) is 7.92. The van der Waals surface area contributed by atoms with Crippen LogP contribution in [0, 0.1) is 0 Å². The number of benzene rings is 1. The number of carbonyl (C=O) groups is 2. The van der Waals surface area contributed by atoms with E-state index in [1.54, 1.807) is 6.92 Å². The average molecular weight is 493 g/mol. The van der Waals surface area contributed by atoms with Gasteiger partial charge in [0.1, 0.15) is 17.3 Å². The van der Waals surface area contributed by atoms with Crippen molar-refractivity contribution in [3.63, 3.8) is 0 Å². The van der Waals surface area contributed by atoms with Crippen molar-refractivity contribution in [1.29, 1.82) is 0 Å². The molecule has 1 amide bonds. The first-order valence-electron chi connectivity index (χ1n) is 13.5. The second kappa shape index (κ2) is 11.3. The van der Waals surface area contributed by atoms with Crippen molar-refractivity contribution >= 4 is 23.0 Å². The van der Waals surface area contributed by atoms with Crippen molar-refractivity contribution in [2.75, 3.05) is 6.61 Å². The summed E-state index contributed by atoms with van der Waals surface area (Å²) in [5.41, 5.74) is 2.91. The van der Waals surface area contributed by atoms with Gasteiger partial charge in [-0.05, 0) is 50.8 Å². The van der Waals surface area contributed by atoms with Crippen molar-refractivity contribution in [2.45, 2.75) is 95.6 Å². The highest BCUT2D eigenvalue weighted by Gasteiger charge is 2.30. The summed E-state index contributed by atoms with van der Waals surface area (Å²) in [4.78, 5) is 31.0. The SMILES string of the molecule is CCOC(=O)C(Cc1nc2ccccc2o1)NC(=O)c1cc(C2CCCCC2)nn1C1CCCCC1. The molecule has 0 aliphatic heterocycles. The summed E-state index contributed by atoms with van der Waals surface area (Å²) >= 11 is 0. The van der Waals surface area contributed by atoms with Crippen LogP contribution in [-0.2, 0) is 16.0 Å². The van der Waals surface area contributed by atoms with Crippen LogP contribution in [0.4, 0.5) is 0 Å². The molecule has 2 aliphatic rings. The first kappa shape index (κ1) is 24.5. The summed E-state index contributed by atoms with van der Waals surface area (Å²) in [6.07, 6.45) is 11.6. The van der Waals surface area contributed by atoms with Crippen LogP contribution in [0.5, 0.6) is 0 Å². The Labute approximate surface area is 211 Å². The lowest BCUT2D eigenvalue weighted by molar-refractivity contribution is -0.145. The van der Waals surface area contributed by atoms with Gasteiger partial charge in [0.15, 0.2) is 11.5 Å². The lowest BCUT2D eigenvalue weighted by Crippen LogP contribution is -2.44. The number of esters is 1. The molecule has 1 N–H and O–H groups in total. The maximum Gasteiger partial charge on any atom is 0.329 e. The van der Waals surface area contributed by atoms with E-state index in [1.165, 1.54) is 25.7 Å². The van der Waals surface area contributed by atoms with Gasteiger partial charge in [0, 0.05) is 5.92 Å². The molecule has 2 aliphatic carbocycles. The smallest absolute Gasteiger partial charge is 0.329 e. The molecule has 8 nitrogen and oxygen atoms in total. The lowest BCUT2D eigenvalue weighted by atomic mass is 9.87. The minimum atomic E-state index is -0.904. The van der Waals surface area contributed by atoms with E-state index < -0.39 is 12.0 Å². The van der Waals surface area contributed by atoms with Gasteiger partial charge in [-0.2, -0.15) is 5.10 Å². The van der Waals surface area contributed by atoms with E-state index in [9.17, 15) is 9.59 Å². The number of nitrogens with zero attached hydrogens (tertiary/aromatic N) is 3. The highest BCUT2D eigenvalue weighted by atomic mass is 16.5. The van der Waals surface area contributed by atoms with E-state index in [4.69, 9.17) is 14.3 Å². The zero-order valence-corrected chi connectivity index (χ0v) is 21.1. The average Bonchev–Trinajstić information content (AvgIpc) is 3.54. The maximum absolute atomic E-state index is 13.7. The van der Waals surface area contributed by atoms with Crippen molar-refractivity contribution in [1.82, 2.24) is 20.1 Å². The third kappa shape index (κ3) is 5.47. The van der Waals surface area contributed by atoms with Crippen LogP contribution < -0.4 is 5.32 Å². The third-order valence-electron chi connectivity index (χ3n) is 7.52. The molecule has 0 spiro atoms. The molecular weight excluding hydrogens is 456 g/mol. The molecule has 3 aromatic rings. The fourth-order valence-corrected chi connectivity index (χ4v) is 5.63. The van der Waals surface area contributed by atoms with E-state index in [-0.39, 0.29) is 25.0 Å². The summed E-state index contributed by atoms with van der Waals surface area (Å²) in [7, 11) is 0. The Kier molecular flexibility index (Phi) is 7.68. The van der Waals surface area contributed by atoms with Crippen molar-refractivity contribution in [3.05, 3.63) is 47.6 Å². The number of oxazole rings is 1. The molecule has 5 rings (SSSR count). The predicted octanol–water partition coefficient (Wildman–Crippen LogP) is 5.48. The monoisotopic (exact) mass is 492 g/mol. The molecular formula is C28H36N4O4. The van der Waals surface area contributed by atoms with Crippen LogP contribution in [0.15, 0.2) is 34.7 Å². The van der Waals surface area contributed by atoms with Crippen LogP contribution in [0.3, 0.4) is 0 Å². The maximum atomic E-state index is 13.7. The van der Waals surface area contributed by atoms with Crippen molar-refractivity contribution in [3.8, 4) is 0 Å². The van der Waals surface area contributed by atoms with E-state index in [1.807, 2.05) is 35.0 Å². The van der Waals surface area contributed by atoms with Gasteiger partial charge in [0.25, 0.3) is 5.91 Å². The minimum absolute atomic E-state index is 0.117. The number of aromatic nitrogens is 3. The van der Waals surface area contributed by atoms with E-state index in [0.717, 1.165) is 44.2 Å². The van der Waals surface area contributed by atoms with Gasteiger partial charge < -0.3 is 14.5 Å². The first-order valence-corrected chi connectivity index (χ1v) is 13.5. The number of ether oxygens (including phenoxy) is 1. The Bertz CT molecular complexity index is 1150.